The Bertz CT molecular complexity index is 882. The second kappa shape index (κ2) is 8.85. The summed E-state index contributed by atoms with van der Waals surface area (Å²) in [6.45, 7) is 10.1. The largest absolute Gasteiger partial charge is 0.452 e. The van der Waals surface area contributed by atoms with E-state index in [-0.39, 0.29) is 18.6 Å². The number of rotatable bonds is 5. The van der Waals surface area contributed by atoms with Crippen molar-refractivity contribution in [3.8, 4) is 5.69 Å². The summed E-state index contributed by atoms with van der Waals surface area (Å²) >= 11 is 0. The SMILES string of the molecule is Cc1ccc(-n2c(C)cc(C(=O)OCC(=O)N[C@@H]3CCC[C@@H](C)[C@@H]3C)c2C)cc1. The van der Waals surface area contributed by atoms with E-state index >= 15 is 0 Å². The van der Waals surface area contributed by atoms with E-state index in [9.17, 15) is 9.59 Å². The zero-order chi connectivity index (χ0) is 21.1. The summed E-state index contributed by atoms with van der Waals surface area (Å²) in [5.41, 5.74) is 4.45. The average Bonchev–Trinajstić information content (AvgIpc) is 2.99. The number of amides is 1. The number of hydrogen-bond donors (Lipinski definition) is 1. The van der Waals surface area contributed by atoms with Gasteiger partial charge >= 0.3 is 5.97 Å². The Morgan fingerprint density at radius 3 is 2.48 bits per heavy atom. The number of benzene rings is 1. The highest BCUT2D eigenvalue weighted by Gasteiger charge is 2.28. The maximum atomic E-state index is 12.6. The Kier molecular flexibility index (Phi) is 6.46. The van der Waals surface area contributed by atoms with E-state index < -0.39 is 5.97 Å². The first kappa shape index (κ1) is 21.2. The van der Waals surface area contributed by atoms with Crippen molar-refractivity contribution in [3.05, 3.63) is 52.8 Å². The molecule has 1 saturated carbocycles. The van der Waals surface area contributed by atoms with Crippen molar-refractivity contribution < 1.29 is 14.3 Å². The molecule has 0 radical (unpaired) electrons. The third-order valence-electron chi connectivity index (χ3n) is 6.33. The zero-order valence-electron chi connectivity index (χ0n) is 18.1. The molecule has 1 aromatic heterocycles. The fourth-order valence-electron chi connectivity index (χ4n) is 4.30. The first-order valence-electron chi connectivity index (χ1n) is 10.5. The Balaban J connectivity index is 1.63. The lowest BCUT2D eigenvalue weighted by atomic mass is 9.78. The summed E-state index contributed by atoms with van der Waals surface area (Å²) < 4.78 is 7.36. The number of nitrogens with one attached hydrogen (secondary N) is 1. The van der Waals surface area contributed by atoms with Crippen molar-refractivity contribution in [3.63, 3.8) is 0 Å². The molecule has 0 aliphatic heterocycles. The molecule has 0 spiro atoms. The normalized spacial score (nSPS) is 21.6. The smallest absolute Gasteiger partial charge is 0.340 e. The fraction of sp³-hybridized carbons (Fsp3) is 0.500. The Labute approximate surface area is 173 Å². The molecule has 3 atom stereocenters. The lowest BCUT2D eigenvalue weighted by molar-refractivity contribution is -0.125. The molecule has 3 rings (SSSR count). The topological polar surface area (TPSA) is 60.3 Å². The van der Waals surface area contributed by atoms with Crippen molar-refractivity contribution in [1.82, 2.24) is 9.88 Å². The minimum Gasteiger partial charge on any atom is -0.452 e. The molecule has 0 unspecified atom stereocenters. The third kappa shape index (κ3) is 4.72. The minimum atomic E-state index is -0.461. The van der Waals surface area contributed by atoms with Crippen molar-refractivity contribution in [2.45, 2.75) is 59.9 Å². The van der Waals surface area contributed by atoms with Crippen molar-refractivity contribution >= 4 is 11.9 Å². The van der Waals surface area contributed by atoms with Gasteiger partial charge in [-0.3, -0.25) is 4.79 Å². The van der Waals surface area contributed by atoms with Crippen molar-refractivity contribution in [1.29, 1.82) is 0 Å². The van der Waals surface area contributed by atoms with E-state index in [0.717, 1.165) is 29.9 Å². The second-order valence-electron chi connectivity index (χ2n) is 8.47. The van der Waals surface area contributed by atoms with Gasteiger partial charge in [0.1, 0.15) is 0 Å². The van der Waals surface area contributed by atoms with Gasteiger partial charge in [-0.1, -0.05) is 44.4 Å². The molecule has 1 N–H and O–H groups in total. The number of carbonyl (C=O) groups excluding carboxylic acids is 2. The van der Waals surface area contributed by atoms with E-state index in [4.69, 9.17) is 4.74 Å². The van der Waals surface area contributed by atoms with Gasteiger partial charge in [0.05, 0.1) is 5.56 Å². The van der Waals surface area contributed by atoms with Gasteiger partial charge in [0.25, 0.3) is 5.91 Å². The van der Waals surface area contributed by atoms with Crippen LogP contribution in [0.5, 0.6) is 0 Å². The van der Waals surface area contributed by atoms with Gasteiger partial charge in [-0.05, 0) is 57.2 Å². The summed E-state index contributed by atoms with van der Waals surface area (Å²) in [6.07, 6.45) is 3.32. The number of ether oxygens (including phenoxy) is 1. The average molecular weight is 397 g/mol. The van der Waals surface area contributed by atoms with Crippen LogP contribution in [0.3, 0.4) is 0 Å². The first-order valence-corrected chi connectivity index (χ1v) is 10.5. The molecule has 0 saturated heterocycles. The highest BCUT2D eigenvalue weighted by atomic mass is 16.5. The van der Waals surface area contributed by atoms with Crippen LogP contribution in [-0.4, -0.2) is 29.1 Å². The standard InChI is InChI=1S/C24H32N2O3/c1-15-9-11-20(12-10-15)26-17(3)13-21(19(26)5)24(28)29-14-23(27)25-22-8-6-7-16(2)18(22)4/h9-13,16,18,22H,6-8,14H2,1-5H3,(H,25,27)/t16-,18+,22-/m1/s1. The molecule has 1 fully saturated rings. The molecule has 2 aromatic rings. The molecule has 5 heteroatoms. The van der Waals surface area contributed by atoms with Crippen molar-refractivity contribution in [2.75, 3.05) is 6.61 Å². The predicted octanol–water partition coefficient (Wildman–Crippen LogP) is 4.50. The van der Waals surface area contributed by atoms with Crippen molar-refractivity contribution in [2.24, 2.45) is 11.8 Å². The molecule has 156 valence electrons. The van der Waals surface area contributed by atoms with E-state index in [1.54, 1.807) is 0 Å². The van der Waals surface area contributed by atoms with Gasteiger partial charge < -0.3 is 14.6 Å². The summed E-state index contributed by atoms with van der Waals surface area (Å²) in [4.78, 5) is 24.9. The van der Waals surface area contributed by atoms with Crippen LogP contribution in [0.25, 0.3) is 5.69 Å². The summed E-state index contributed by atoms with van der Waals surface area (Å²) in [7, 11) is 0. The number of aryl methyl sites for hydroxylation is 2. The maximum absolute atomic E-state index is 12.6. The number of nitrogens with zero attached hydrogens (tertiary/aromatic N) is 1. The van der Waals surface area contributed by atoms with E-state index in [0.29, 0.717) is 17.4 Å². The minimum absolute atomic E-state index is 0.163. The van der Waals surface area contributed by atoms with Crippen LogP contribution < -0.4 is 5.32 Å². The van der Waals surface area contributed by atoms with Crippen LogP contribution in [0.1, 0.15) is 60.4 Å². The van der Waals surface area contributed by atoms with Crippen LogP contribution in [0.2, 0.25) is 0 Å². The molecular formula is C24H32N2O3. The molecule has 1 heterocycles. The molecule has 1 amide bonds. The Hall–Kier alpha value is -2.56. The van der Waals surface area contributed by atoms with Gasteiger partial charge in [-0.2, -0.15) is 0 Å². The van der Waals surface area contributed by atoms with Crippen LogP contribution in [0.4, 0.5) is 0 Å². The summed E-state index contributed by atoms with van der Waals surface area (Å²) in [5.74, 6) is 0.355. The monoisotopic (exact) mass is 396 g/mol. The van der Waals surface area contributed by atoms with Crippen LogP contribution in [0, 0.1) is 32.6 Å². The van der Waals surface area contributed by atoms with Gasteiger partial charge in [-0.15, -0.1) is 0 Å². The molecule has 1 aliphatic rings. The van der Waals surface area contributed by atoms with E-state index in [1.165, 1.54) is 12.0 Å². The van der Waals surface area contributed by atoms with Crippen LogP contribution in [0.15, 0.2) is 30.3 Å². The lowest BCUT2D eigenvalue weighted by Gasteiger charge is -2.34. The number of hydrogen-bond acceptors (Lipinski definition) is 3. The first-order chi connectivity index (χ1) is 13.8. The Morgan fingerprint density at radius 2 is 1.79 bits per heavy atom. The Morgan fingerprint density at radius 1 is 1.10 bits per heavy atom. The molecule has 1 aliphatic carbocycles. The van der Waals surface area contributed by atoms with Crippen LogP contribution in [-0.2, 0) is 9.53 Å². The molecule has 29 heavy (non-hydrogen) atoms. The molecular weight excluding hydrogens is 364 g/mol. The van der Waals surface area contributed by atoms with Crippen LogP contribution >= 0.6 is 0 Å². The quantitative estimate of drug-likeness (QED) is 0.757. The number of carbonyl (C=O) groups is 2. The zero-order valence-corrected chi connectivity index (χ0v) is 18.1. The molecule has 5 nitrogen and oxygen atoms in total. The van der Waals surface area contributed by atoms with Gasteiger partial charge in [0.2, 0.25) is 0 Å². The maximum Gasteiger partial charge on any atom is 0.340 e. The third-order valence-corrected chi connectivity index (χ3v) is 6.33. The number of aromatic nitrogens is 1. The predicted molar refractivity (Wildman–Crippen MR) is 114 cm³/mol. The highest BCUT2D eigenvalue weighted by molar-refractivity contribution is 5.93. The molecule has 1 aromatic carbocycles. The van der Waals surface area contributed by atoms with E-state index in [2.05, 4.69) is 19.2 Å². The van der Waals surface area contributed by atoms with Gasteiger partial charge in [0, 0.05) is 23.1 Å². The number of esters is 1. The lowest BCUT2D eigenvalue weighted by Crippen LogP contribution is -2.45. The highest BCUT2D eigenvalue weighted by Crippen LogP contribution is 2.29. The summed E-state index contributed by atoms with van der Waals surface area (Å²) in [6, 6.07) is 10.1. The van der Waals surface area contributed by atoms with Gasteiger partial charge in [-0.25, -0.2) is 4.79 Å². The van der Waals surface area contributed by atoms with Gasteiger partial charge in [0.15, 0.2) is 6.61 Å². The fourth-order valence-corrected chi connectivity index (χ4v) is 4.30. The molecule has 0 bridgehead atoms. The van der Waals surface area contributed by atoms with E-state index in [1.807, 2.05) is 55.7 Å². The second-order valence-corrected chi connectivity index (χ2v) is 8.47. The summed E-state index contributed by atoms with van der Waals surface area (Å²) in [5, 5.41) is 3.05.